The molecule has 2 aliphatic heterocycles. The first-order valence-electron chi connectivity index (χ1n) is 12.5. The van der Waals surface area contributed by atoms with Gasteiger partial charge in [0.2, 0.25) is 11.8 Å². The Hall–Kier alpha value is -3.77. The Morgan fingerprint density at radius 2 is 1.50 bits per heavy atom. The number of hydrogen-bond acceptors (Lipinski definition) is 4. The Labute approximate surface area is 211 Å². The van der Waals surface area contributed by atoms with Crippen LogP contribution in [0.5, 0.6) is 0 Å². The number of benzene rings is 3. The lowest BCUT2D eigenvalue weighted by atomic mass is 9.75. The quantitative estimate of drug-likeness (QED) is 0.504. The van der Waals surface area contributed by atoms with Crippen LogP contribution in [0.2, 0.25) is 0 Å². The van der Waals surface area contributed by atoms with Gasteiger partial charge in [-0.05, 0) is 47.6 Å². The first-order valence-corrected chi connectivity index (χ1v) is 12.5. The SMILES string of the molecule is CCc1cccc(CC)c1N1C(=O)C2C(c3ccccc3C)NC(C(=O)O)(c3ccccc3)C2C1=O. The third-order valence-electron chi connectivity index (χ3n) is 7.84. The number of nitrogens with one attached hydrogen (secondary N) is 1. The van der Waals surface area contributed by atoms with Crippen LogP contribution in [0.25, 0.3) is 0 Å². The fourth-order valence-electron chi connectivity index (χ4n) is 6.12. The second-order valence-electron chi connectivity index (χ2n) is 9.61. The van der Waals surface area contributed by atoms with Gasteiger partial charge in [-0.25, -0.2) is 9.69 Å². The molecule has 3 aromatic carbocycles. The van der Waals surface area contributed by atoms with Crippen molar-refractivity contribution in [3.05, 3.63) is 101 Å². The number of carbonyl (C=O) groups is 3. The van der Waals surface area contributed by atoms with E-state index in [2.05, 4.69) is 5.32 Å². The van der Waals surface area contributed by atoms with Crippen LogP contribution in [0.1, 0.15) is 47.7 Å². The third-order valence-corrected chi connectivity index (χ3v) is 7.84. The maximum Gasteiger partial charge on any atom is 0.329 e. The summed E-state index contributed by atoms with van der Waals surface area (Å²) in [6.45, 7) is 5.93. The van der Waals surface area contributed by atoms with Gasteiger partial charge in [0, 0.05) is 6.04 Å². The van der Waals surface area contributed by atoms with Crippen molar-refractivity contribution in [2.45, 2.75) is 45.2 Å². The summed E-state index contributed by atoms with van der Waals surface area (Å²) in [7, 11) is 0. The van der Waals surface area contributed by atoms with Crippen LogP contribution in [0.4, 0.5) is 5.69 Å². The number of anilines is 1. The lowest BCUT2D eigenvalue weighted by Crippen LogP contribution is -2.53. The van der Waals surface area contributed by atoms with Gasteiger partial charge in [0.05, 0.1) is 17.5 Å². The molecule has 0 radical (unpaired) electrons. The molecule has 0 saturated carbocycles. The molecular formula is C30H30N2O4. The number of carbonyl (C=O) groups excluding carboxylic acids is 2. The van der Waals surface area contributed by atoms with Gasteiger partial charge in [0.15, 0.2) is 5.54 Å². The van der Waals surface area contributed by atoms with Crippen LogP contribution in [0.3, 0.4) is 0 Å². The first kappa shape index (κ1) is 23.9. The van der Waals surface area contributed by atoms with Gasteiger partial charge in [-0.1, -0.05) is 86.6 Å². The molecule has 3 aromatic rings. The van der Waals surface area contributed by atoms with E-state index in [1.807, 2.05) is 69.3 Å². The molecule has 5 rings (SSSR count). The van der Waals surface area contributed by atoms with E-state index in [1.165, 1.54) is 4.90 Å². The minimum absolute atomic E-state index is 0.347. The van der Waals surface area contributed by atoms with E-state index in [-0.39, 0.29) is 5.91 Å². The lowest BCUT2D eigenvalue weighted by molar-refractivity contribution is -0.149. The summed E-state index contributed by atoms with van der Waals surface area (Å²) in [6, 6.07) is 21.6. The number of nitrogens with zero attached hydrogens (tertiary/aromatic N) is 1. The maximum atomic E-state index is 14.3. The van der Waals surface area contributed by atoms with Gasteiger partial charge in [0.25, 0.3) is 0 Å². The highest BCUT2D eigenvalue weighted by atomic mass is 16.4. The van der Waals surface area contributed by atoms with E-state index in [9.17, 15) is 19.5 Å². The summed E-state index contributed by atoms with van der Waals surface area (Å²) in [5, 5.41) is 14.0. The van der Waals surface area contributed by atoms with Crippen LogP contribution in [0.15, 0.2) is 72.8 Å². The number of carboxylic acid groups (broad SMARTS) is 1. The highest BCUT2D eigenvalue weighted by Gasteiger charge is 2.69. The van der Waals surface area contributed by atoms with E-state index in [0.717, 1.165) is 22.3 Å². The van der Waals surface area contributed by atoms with Gasteiger partial charge < -0.3 is 5.11 Å². The molecule has 6 nitrogen and oxygen atoms in total. The monoisotopic (exact) mass is 482 g/mol. The van der Waals surface area contributed by atoms with Crippen molar-refractivity contribution in [1.82, 2.24) is 5.32 Å². The average Bonchev–Trinajstić information content (AvgIpc) is 3.38. The molecule has 6 heteroatoms. The molecular weight excluding hydrogens is 452 g/mol. The normalized spacial score (nSPS) is 25.3. The Kier molecular flexibility index (Phi) is 6.00. The molecule has 2 aliphatic rings. The van der Waals surface area contributed by atoms with Crippen molar-refractivity contribution in [2.75, 3.05) is 4.90 Å². The van der Waals surface area contributed by atoms with E-state index >= 15 is 0 Å². The Morgan fingerprint density at radius 1 is 0.889 bits per heavy atom. The molecule has 184 valence electrons. The average molecular weight is 483 g/mol. The summed E-state index contributed by atoms with van der Waals surface area (Å²) < 4.78 is 0. The predicted molar refractivity (Wildman–Crippen MR) is 137 cm³/mol. The highest BCUT2D eigenvalue weighted by molar-refractivity contribution is 6.25. The van der Waals surface area contributed by atoms with Crippen LogP contribution in [-0.4, -0.2) is 22.9 Å². The van der Waals surface area contributed by atoms with Crippen molar-refractivity contribution >= 4 is 23.5 Å². The summed E-state index contributed by atoms with van der Waals surface area (Å²) in [4.78, 5) is 43.0. The fourth-order valence-corrected chi connectivity index (χ4v) is 6.12. The third kappa shape index (κ3) is 3.32. The molecule has 0 aliphatic carbocycles. The standard InChI is InChI=1S/C30H30N2O4/c1-4-19-13-11-14-20(5-2)26(19)32-27(33)23-24(28(32)34)30(29(35)36,21-15-7-6-8-16-21)31-25(23)22-17-10-9-12-18(22)3/h6-17,23-25,31H,4-5H2,1-3H3,(H,35,36). The Bertz CT molecular complexity index is 1330. The number of fused-ring (bicyclic) bond motifs is 1. The Balaban J connectivity index is 1.77. The van der Waals surface area contributed by atoms with E-state index in [0.29, 0.717) is 24.1 Å². The molecule has 0 spiro atoms. The number of aryl methyl sites for hydroxylation is 3. The number of hydrogen-bond donors (Lipinski definition) is 2. The molecule has 0 bridgehead atoms. The number of rotatable bonds is 6. The number of para-hydroxylation sites is 1. The Morgan fingerprint density at radius 3 is 2.08 bits per heavy atom. The van der Waals surface area contributed by atoms with Gasteiger partial charge in [-0.15, -0.1) is 0 Å². The maximum absolute atomic E-state index is 14.3. The van der Waals surface area contributed by atoms with E-state index < -0.39 is 35.3 Å². The summed E-state index contributed by atoms with van der Waals surface area (Å²) in [5.41, 5.74) is 2.90. The van der Waals surface area contributed by atoms with Crippen molar-refractivity contribution in [2.24, 2.45) is 11.8 Å². The minimum atomic E-state index is -1.74. The molecule has 2 amide bonds. The fraction of sp³-hybridized carbons (Fsp3) is 0.300. The van der Waals surface area contributed by atoms with E-state index in [1.54, 1.807) is 24.3 Å². The summed E-state index contributed by atoms with van der Waals surface area (Å²) in [5.74, 6) is -3.92. The van der Waals surface area contributed by atoms with Crippen LogP contribution in [-0.2, 0) is 32.8 Å². The largest absolute Gasteiger partial charge is 0.480 e. The van der Waals surface area contributed by atoms with Crippen molar-refractivity contribution < 1.29 is 19.5 Å². The zero-order valence-corrected chi connectivity index (χ0v) is 20.7. The zero-order chi connectivity index (χ0) is 25.6. The summed E-state index contributed by atoms with van der Waals surface area (Å²) in [6.07, 6.45) is 1.30. The van der Waals surface area contributed by atoms with Crippen molar-refractivity contribution in [3.63, 3.8) is 0 Å². The second-order valence-corrected chi connectivity index (χ2v) is 9.61. The first-order chi connectivity index (χ1) is 17.4. The second kappa shape index (κ2) is 9.03. The number of carboxylic acids is 1. The molecule has 2 saturated heterocycles. The van der Waals surface area contributed by atoms with Crippen LogP contribution in [0, 0.1) is 18.8 Å². The smallest absolute Gasteiger partial charge is 0.329 e. The van der Waals surface area contributed by atoms with Gasteiger partial charge in [0.1, 0.15) is 0 Å². The molecule has 0 aromatic heterocycles. The molecule has 2 fully saturated rings. The summed E-state index contributed by atoms with van der Waals surface area (Å²) >= 11 is 0. The molecule has 36 heavy (non-hydrogen) atoms. The van der Waals surface area contributed by atoms with E-state index in [4.69, 9.17) is 0 Å². The van der Waals surface area contributed by atoms with Gasteiger partial charge >= 0.3 is 5.97 Å². The van der Waals surface area contributed by atoms with Crippen LogP contribution >= 0.6 is 0 Å². The molecule has 4 unspecified atom stereocenters. The van der Waals surface area contributed by atoms with Gasteiger partial charge in [-0.2, -0.15) is 0 Å². The van der Waals surface area contributed by atoms with Crippen LogP contribution < -0.4 is 10.2 Å². The highest BCUT2D eigenvalue weighted by Crippen LogP contribution is 2.54. The topological polar surface area (TPSA) is 86.7 Å². The number of aliphatic carboxylic acids is 1. The minimum Gasteiger partial charge on any atom is -0.480 e. The van der Waals surface area contributed by atoms with Crippen molar-refractivity contribution in [3.8, 4) is 0 Å². The molecule has 4 atom stereocenters. The number of amides is 2. The lowest BCUT2D eigenvalue weighted by Gasteiger charge is -2.32. The molecule has 2 heterocycles. The van der Waals surface area contributed by atoms with Gasteiger partial charge in [-0.3, -0.25) is 14.9 Å². The number of imide groups is 1. The van der Waals surface area contributed by atoms with Crippen molar-refractivity contribution in [1.29, 1.82) is 0 Å². The molecule has 2 N–H and O–H groups in total. The zero-order valence-electron chi connectivity index (χ0n) is 20.7. The predicted octanol–water partition coefficient (Wildman–Crippen LogP) is 4.55.